The number of aromatic nitrogens is 2. The Hall–Kier alpha value is -1.43. The quantitative estimate of drug-likeness (QED) is 0.940. The molecule has 0 saturated carbocycles. The highest BCUT2D eigenvalue weighted by Crippen LogP contribution is 2.29. The van der Waals surface area contributed by atoms with Crippen molar-refractivity contribution in [3.63, 3.8) is 0 Å². The van der Waals surface area contributed by atoms with Crippen molar-refractivity contribution in [1.82, 2.24) is 15.0 Å². The average molecular weight is 307 g/mol. The van der Waals surface area contributed by atoms with Crippen molar-refractivity contribution in [3.8, 4) is 11.4 Å². The van der Waals surface area contributed by atoms with E-state index in [-0.39, 0.29) is 5.41 Å². The Morgan fingerprint density at radius 2 is 2.33 bits per heavy atom. The topological polar surface area (TPSA) is 68.2 Å². The molecule has 21 heavy (non-hydrogen) atoms. The number of hydrogen-bond acceptors (Lipinski definition) is 5. The first kappa shape index (κ1) is 14.5. The molecule has 2 aromatic rings. The minimum Gasteiger partial charge on any atom is -0.338 e. The van der Waals surface area contributed by atoms with E-state index in [9.17, 15) is 0 Å². The van der Waals surface area contributed by atoms with Gasteiger partial charge >= 0.3 is 0 Å². The first-order valence-corrected chi connectivity index (χ1v) is 7.47. The number of nitrogens with two attached hydrogens (primary N) is 1. The molecule has 0 bridgehead atoms. The standard InChI is InChI=1S/C15H19ClN4O/c1-15(9-17)5-6-20(10-15)8-13-18-14(19-21-13)11-3-2-4-12(16)7-11/h2-4,7H,5-6,8-10,17H2,1H3. The first-order chi connectivity index (χ1) is 10.1. The Balaban J connectivity index is 1.69. The molecule has 1 aromatic carbocycles. The van der Waals surface area contributed by atoms with E-state index in [1.165, 1.54) is 0 Å². The minimum atomic E-state index is 0.204. The van der Waals surface area contributed by atoms with Crippen LogP contribution in [0.5, 0.6) is 0 Å². The molecule has 0 aliphatic carbocycles. The molecule has 3 rings (SSSR count). The maximum Gasteiger partial charge on any atom is 0.241 e. The highest BCUT2D eigenvalue weighted by atomic mass is 35.5. The van der Waals surface area contributed by atoms with Crippen molar-refractivity contribution in [2.45, 2.75) is 19.9 Å². The molecule has 1 saturated heterocycles. The van der Waals surface area contributed by atoms with Crippen LogP contribution in [-0.2, 0) is 6.54 Å². The Labute approximate surface area is 129 Å². The lowest BCUT2D eigenvalue weighted by atomic mass is 9.90. The fraction of sp³-hybridized carbons (Fsp3) is 0.467. The summed E-state index contributed by atoms with van der Waals surface area (Å²) in [6, 6.07) is 7.45. The van der Waals surface area contributed by atoms with Gasteiger partial charge in [0.25, 0.3) is 0 Å². The molecule has 1 aliphatic heterocycles. The summed E-state index contributed by atoms with van der Waals surface area (Å²) in [5, 5.41) is 4.69. The largest absolute Gasteiger partial charge is 0.338 e. The van der Waals surface area contributed by atoms with E-state index in [1.54, 1.807) is 0 Å². The van der Waals surface area contributed by atoms with Gasteiger partial charge in [0.15, 0.2) is 0 Å². The van der Waals surface area contributed by atoms with Crippen LogP contribution in [0.1, 0.15) is 19.2 Å². The van der Waals surface area contributed by atoms with Crippen LogP contribution in [0.2, 0.25) is 5.02 Å². The molecular formula is C15H19ClN4O. The van der Waals surface area contributed by atoms with E-state index >= 15 is 0 Å². The monoisotopic (exact) mass is 306 g/mol. The molecule has 2 heterocycles. The minimum absolute atomic E-state index is 0.204. The third-order valence-corrected chi connectivity index (χ3v) is 4.27. The maximum absolute atomic E-state index is 5.98. The van der Waals surface area contributed by atoms with Crippen molar-refractivity contribution in [2.75, 3.05) is 19.6 Å². The van der Waals surface area contributed by atoms with Gasteiger partial charge < -0.3 is 10.3 Å². The number of halogens is 1. The lowest BCUT2D eigenvalue weighted by Crippen LogP contribution is -2.31. The van der Waals surface area contributed by atoms with Crippen LogP contribution in [0.25, 0.3) is 11.4 Å². The van der Waals surface area contributed by atoms with Gasteiger partial charge in [-0.1, -0.05) is 35.8 Å². The summed E-state index contributed by atoms with van der Waals surface area (Å²) in [5.41, 5.74) is 6.90. The fourth-order valence-corrected chi connectivity index (χ4v) is 2.87. The van der Waals surface area contributed by atoms with Crippen molar-refractivity contribution in [1.29, 1.82) is 0 Å². The van der Waals surface area contributed by atoms with Crippen LogP contribution in [0.3, 0.4) is 0 Å². The van der Waals surface area contributed by atoms with Crippen molar-refractivity contribution >= 4 is 11.6 Å². The van der Waals surface area contributed by atoms with Crippen LogP contribution >= 0.6 is 11.6 Å². The lowest BCUT2D eigenvalue weighted by Gasteiger charge is -2.21. The summed E-state index contributed by atoms with van der Waals surface area (Å²) < 4.78 is 5.35. The third-order valence-electron chi connectivity index (χ3n) is 4.04. The molecule has 0 radical (unpaired) electrons. The Kier molecular flexibility index (Phi) is 3.97. The van der Waals surface area contributed by atoms with E-state index < -0.39 is 0 Å². The van der Waals surface area contributed by atoms with Crippen LogP contribution in [0, 0.1) is 5.41 Å². The van der Waals surface area contributed by atoms with E-state index in [2.05, 4.69) is 22.0 Å². The number of rotatable bonds is 4. The second-order valence-electron chi connectivity index (χ2n) is 6.00. The van der Waals surface area contributed by atoms with Crippen LogP contribution in [0.4, 0.5) is 0 Å². The molecule has 1 atom stereocenters. The maximum atomic E-state index is 5.98. The van der Waals surface area contributed by atoms with Gasteiger partial charge in [-0.25, -0.2) is 0 Å². The molecule has 0 amide bonds. The molecule has 0 spiro atoms. The van der Waals surface area contributed by atoms with Gasteiger partial charge in [0, 0.05) is 17.1 Å². The van der Waals surface area contributed by atoms with Crippen LogP contribution < -0.4 is 5.73 Å². The summed E-state index contributed by atoms with van der Waals surface area (Å²) in [5.74, 6) is 1.21. The van der Waals surface area contributed by atoms with Crippen molar-refractivity contribution < 1.29 is 4.52 Å². The normalized spacial score (nSPS) is 22.8. The van der Waals surface area contributed by atoms with Gasteiger partial charge in [-0.15, -0.1) is 0 Å². The summed E-state index contributed by atoms with van der Waals surface area (Å²) >= 11 is 5.98. The van der Waals surface area contributed by atoms with Gasteiger partial charge in [0.05, 0.1) is 6.54 Å². The summed E-state index contributed by atoms with van der Waals surface area (Å²) in [4.78, 5) is 6.76. The zero-order valence-electron chi connectivity index (χ0n) is 12.1. The van der Waals surface area contributed by atoms with Gasteiger partial charge in [-0.2, -0.15) is 4.98 Å². The van der Waals surface area contributed by atoms with Gasteiger partial charge in [-0.05, 0) is 37.1 Å². The molecule has 1 unspecified atom stereocenters. The van der Waals surface area contributed by atoms with Crippen LogP contribution in [0.15, 0.2) is 28.8 Å². The highest BCUT2D eigenvalue weighted by Gasteiger charge is 2.33. The van der Waals surface area contributed by atoms with E-state index in [1.807, 2.05) is 24.3 Å². The van der Waals surface area contributed by atoms with Crippen molar-refractivity contribution in [3.05, 3.63) is 35.2 Å². The lowest BCUT2D eigenvalue weighted by molar-refractivity contribution is 0.239. The predicted molar refractivity (Wildman–Crippen MR) is 81.8 cm³/mol. The molecule has 1 aliphatic rings. The zero-order chi connectivity index (χ0) is 14.9. The molecule has 2 N–H and O–H groups in total. The molecule has 6 heteroatoms. The number of hydrogen-bond donors (Lipinski definition) is 1. The second-order valence-corrected chi connectivity index (χ2v) is 6.43. The third kappa shape index (κ3) is 3.26. The fourth-order valence-electron chi connectivity index (χ4n) is 2.68. The second kappa shape index (κ2) is 5.75. The Morgan fingerprint density at radius 3 is 3.05 bits per heavy atom. The smallest absolute Gasteiger partial charge is 0.241 e. The molecule has 5 nitrogen and oxygen atoms in total. The van der Waals surface area contributed by atoms with Gasteiger partial charge in [-0.3, -0.25) is 4.90 Å². The first-order valence-electron chi connectivity index (χ1n) is 7.09. The zero-order valence-corrected chi connectivity index (χ0v) is 12.8. The van der Waals surface area contributed by atoms with E-state index in [4.69, 9.17) is 21.9 Å². The summed E-state index contributed by atoms with van der Waals surface area (Å²) in [6.07, 6.45) is 1.11. The predicted octanol–water partition coefficient (Wildman–Crippen LogP) is 2.56. The highest BCUT2D eigenvalue weighted by molar-refractivity contribution is 6.30. The number of likely N-dealkylation sites (tertiary alicyclic amines) is 1. The molecule has 1 aromatic heterocycles. The van der Waals surface area contributed by atoms with Gasteiger partial charge in [0.2, 0.25) is 11.7 Å². The SMILES string of the molecule is CC1(CN)CCN(Cc2nc(-c3cccc(Cl)c3)no2)C1. The molecule has 112 valence electrons. The van der Waals surface area contributed by atoms with Gasteiger partial charge in [0.1, 0.15) is 0 Å². The molecular weight excluding hydrogens is 288 g/mol. The average Bonchev–Trinajstić information content (AvgIpc) is 3.07. The van der Waals surface area contributed by atoms with Crippen LogP contribution in [-0.4, -0.2) is 34.7 Å². The number of benzene rings is 1. The van der Waals surface area contributed by atoms with E-state index in [0.717, 1.165) is 25.1 Å². The number of nitrogens with zero attached hydrogens (tertiary/aromatic N) is 3. The summed E-state index contributed by atoms with van der Waals surface area (Å²) in [6.45, 7) is 5.59. The Bertz CT molecular complexity index is 630. The van der Waals surface area contributed by atoms with E-state index in [0.29, 0.717) is 29.8 Å². The van der Waals surface area contributed by atoms with Crippen molar-refractivity contribution in [2.24, 2.45) is 11.1 Å². The Morgan fingerprint density at radius 1 is 1.48 bits per heavy atom. The summed E-state index contributed by atoms with van der Waals surface area (Å²) in [7, 11) is 0. The molecule has 1 fully saturated rings.